The maximum absolute atomic E-state index is 5.24. The van der Waals surface area contributed by atoms with E-state index in [0.717, 1.165) is 16.2 Å². The summed E-state index contributed by atoms with van der Waals surface area (Å²) in [4.78, 5) is 2.02. The smallest absolute Gasteiger partial charge is 0.135 e. The first kappa shape index (κ1) is 16.2. The third kappa shape index (κ3) is 9.46. The lowest BCUT2D eigenvalue weighted by atomic mass is 9.98. The zero-order valence-electron chi connectivity index (χ0n) is 11.5. The molecule has 0 rings (SSSR count). The first-order chi connectivity index (χ1) is 7.43. The molecular weight excluding hydrogens is 234 g/mol. The average Bonchev–Trinajstić information content (AvgIpc) is 2.16. The summed E-state index contributed by atoms with van der Waals surface area (Å²) in [5.41, 5.74) is 0. The topological polar surface area (TPSA) is 3.24 Å². The Bertz CT molecular complexity index is 190. The van der Waals surface area contributed by atoms with Gasteiger partial charge in [0.05, 0.1) is 0 Å². The molecule has 0 aromatic rings. The molecule has 3 heteroatoms. The maximum Gasteiger partial charge on any atom is 0.135 e. The van der Waals surface area contributed by atoms with Crippen LogP contribution in [0.4, 0.5) is 0 Å². The van der Waals surface area contributed by atoms with Gasteiger partial charge in [0.1, 0.15) is 4.32 Å². The van der Waals surface area contributed by atoms with Gasteiger partial charge in [-0.2, -0.15) is 0 Å². The fourth-order valence-corrected chi connectivity index (χ4v) is 2.70. The zero-order valence-corrected chi connectivity index (χ0v) is 13.1. The second kappa shape index (κ2) is 9.29. The fourth-order valence-electron chi connectivity index (χ4n) is 1.50. The maximum atomic E-state index is 5.24. The minimum atomic E-state index is 0.844. The number of thioether (sulfide) groups is 1. The van der Waals surface area contributed by atoms with Crippen molar-refractivity contribution in [1.82, 2.24) is 4.90 Å². The Kier molecular flexibility index (Phi) is 9.43. The van der Waals surface area contributed by atoms with Crippen molar-refractivity contribution < 1.29 is 0 Å². The summed E-state index contributed by atoms with van der Waals surface area (Å²) < 4.78 is 1.01. The van der Waals surface area contributed by atoms with Crippen LogP contribution in [0.1, 0.15) is 46.5 Å². The van der Waals surface area contributed by atoms with Gasteiger partial charge in [-0.3, -0.25) is 0 Å². The molecule has 0 radical (unpaired) electrons. The van der Waals surface area contributed by atoms with Crippen molar-refractivity contribution in [2.75, 3.05) is 19.8 Å². The van der Waals surface area contributed by atoms with Crippen LogP contribution in [-0.4, -0.2) is 29.1 Å². The molecular formula is C13H27NS2. The number of hydrogen-bond acceptors (Lipinski definition) is 2. The highest BCUT2D eigenvalue weighted by Crippen LogP contribution is 2.18. The molecule has 1 unspecified atom stereocenters. The van der Waals surface area contributed by atoms with Gasteiger partial charge >= 0.3 is 0 Å². The van der Waals surface area contributed by atoms with Gasteiger partial charge in [0, 0.05) is 19.8 Å². The molecule has 0 saturated heterocycles. The van der Waals surface area contributed by atoms with Gasteiger partial charge in [0.15, 0.2) is 0 Å². The Morgan fingerprint density at radius 3 is 2.25 bits per heavy atom. The van der Waals surface area contributed by atoms with Crippen molar-refractivity contribution in [3.8, 4) is 0 Å². The SMILES string of the molecule is CC(C)CCCC(C)CCSC(=S)N(C)C. The summed E-state index contributed by atoms with van der Waals surface area (Å²) in [6.07, 6.45) is 5.40. The van der Waals surface area contributed by atoms with Crippen molar-refractivity contribution >= 4 is 28.3 Å². The largest absolute Gasteiger partial charge is 0.364 e. The number of hydrogen-bond donors (Lipinski definition) is 0. The molecule has 0 amide bonds. The lowest BCUT2D eigenvalue weighted by molar-refractivity contribution is 0.451. The Hall–Kier alpha value is 0.240. The predicted molar refractivity (Wildman–Crippen MR) is 81.2 cm³/mol. The molecule has 0 bridgehead atoms. The van der Waals surface area contributed by atoms with Crippen LogP contribution in [0, 0.1) is 11.8 Å². The minimum absolute atomic E-state index is 0.844. The molecule has 0 spiro atoms. The van der Waals surface area contributed by atoms with Gasteiger partial charge < -0.3 is 4.90 Å². The van der Waals surface area contributed by atoms with E-state index in [-0.39, 0.29) is 0 Å². The Morgan fingerprint density at radius 2 is 1.75 bits per heavy atom. The van der Waals surface area contributed by atoms with E-state index in [1.165, 1.54) is 31.4 Å². The summed E-state index contributed by atoms with van der Waals surface area (Å²) in [5, 5.41) is 0. The van der Waals surface area contributed by atoms with Crippen molar-refractivity contribution in [2.45, 2.75) is 46.5 Å². The highest BCUT2D eigenvalue weighted by atomic mass is 32.2. The molecule has 0 aliphatic carbocycles. The molecule has 0 aromatic carbocycles. The summed E-state index contributed by atoms with van der Waals surface area (Å²) in [7, 11) is 4.03. The number of nitrogens with zero attached hydrogens (tertiary/aromatic N) is 1. The van der Waals surface area contributed by atoms with Crippen molar-refractivity contribution in [3.05, 3.63) is 0 Å². The molecule has 0 aromatic heterocycles. The second-order valence-electron chi connectivity index (χ2n) is 5.23. The fraction of sp³-hybridized carbons (Fsp3) is 0.923. The second-order valence-corrected chi connectivity index (χ2v) is 6.96. The molecule has 0 aliphatic rings. The molecule has 0 saturated carbocycles. The van der Waals surface area contributed by atoms with E-state index in [4.69, 9.17) is 12.2 Å². The highest BCUT2D eigenvalue weighted by molar-refractivity contribution is 8.22. The normalized spacial score (nSPS) is 12.9. The Morgan fingerprint density at radius 1 is 1.12 bits per heavy atom. The molecule has 96 valence electrons. The van der Waals surface area contributed by atoms with Gasteiger partial charge in [0.2, 0.25) is 0 Å². The number of thiocarbonyl (C=S) groups is 1. The standard InChI is InChI=1S/C13H27NS2/c1-11(2)7-6-8-12(3)9-10-16-13(15)14(4)5/h11-12H,6-10H2,1-5H3. The Balaban J connectivity index is 3.43. The molecule has 0 N–H and O–H groups in total. The first-order valence-electron chi connectivity index (χ1n) is 6.27. The van der Waals surface area contributed by atoms with Crippen LogP contribution in [0.3, 0.4) is 0 Å². The van der Waals surface area contributed by atoms with Gasteiger partial charge in [-0.05, 0) is 18.3 Å². The molecule has 16 heavy (non-hydrogen) atoms. The zero-order chi connectivity index (χ0) is 12.6. The monoisotopic (exact) mass is 261 g/mol. The number of rotatable bonds is 7. The van der Waals surface area contributed by atoms with E-state index < -0.39 is 0 Å². The van der Waals surface area contributed by atoms with Crippen LogP contribution in [0.5, 0.6) is 0 Å². The predicted octanol–water partition coefficient (Wildman–Crippen LogP) is 4.42. The van der Waals surface area contributed by atoms with Gasteiger partial charge in [0.25, 0.3) is 0 Å². The minimum Gasteiger partial charge on any atom is -0.364 e. The summed E-state index contributed by atoms with van der Waals surface area (Å²) in [6, 6.07) is 0. The van der Waals surface area contributed by atoms with Crippen LogP contribution in [0.25, 0.3) is 0 Å². The Labute approximate surface area is 111 Å². The molecule has 0 aliphatic heterocycles. The van der Waals surface area contributed by atoms with E-state index in [9.17, 15) is 0 Å². The average molecular weight is 262 g/mol. The molecule has 0 heterocycles. The summed E-state index contributed by atoms with van der Waals surface area (Å²) in [5.74, 6) is 2.86. The third-order valence-corrected chi connectivity index (χ3v) is 4.45. The van der Waals surface area contributed by atoms with Crippen LogP contribution in [0.15, 0.2) is 0 Å². The first-order valence-corrected chi connectivity index (χ1v) is 7.67. The van der Waals surface area contributed by atoms with Crippen LogP contribution in [-0.2, 0) is 0 Å². The molecule has 1 atom stereocenters. The molecule has 1 nitrogen and oxygen atoms in total. The van der Waals surface area contributed by atoms with Crippen molar-refractivity contribution in [2.24, 2.45) is 11.8 Å². The van der Waals surface area contributed by atoms with Crippen LogP contribution in [0.2, 0.25) is 0 Å². The third-order valence-electron chi connectivity index (χ3n) is 2.68. The summed E-state index contributed by atoms with van der Waals surface area (Å²) >= 11 is 7.05. The van der Waals surface area contributed by atoms with Gasteiger partial charge in [-0.15, -0.1) is 0 Å². The lowest BCUT2D eigenvalue weighted by Crippen LogP contribution is -2.16. The van der Waals surface area contributed by atoms with Crippen LogP contribution < -0.4 is 0 Å². The van der Waals surface area contributed by atoms with E-state index in [1.54, 1.807) is 0 Å². The van der Waals surface area contributed by atoms with Crippen LogP contribution >= 0.6 is 24.0 Å². The van der Waals surface area contributed by atoms with Crippen molar-refractivity contribution in [1.29, 1.82) is 0 Å². The van der Waals surface area contributed by atoms with Gasteiger partial charge in [-0.25, -0.2) is 0 Å². The lowest BCUT2D eigenvalue weighted by Gasteiger charge is -2.15. The van der Waals surface area contributed by atoms with E-state index in [2.05, 4.69) is 20.8 Å². The van der Waals surface area contributed by atoms with E-state index >= 15 is 0 Å². The van der Waals surface area contributed by atoms with E-state index in [1.807, 2.05) is 30.8 Å². The van der Waals surface area contributed by atoms with Gasteiger partial charge in [-0.1, -0.05) is 64.0 Å². The quantitative estimate of drug-likeness (QED) is 0.625. The van der Waals surface area contributed by atoms with E-state index in [0.29, 0.717) is 0 Å². The summed E-state index contributed by atoms with van der Waals surface area (Å²) in [6.45, 7) is 6.96. The molecule has 0 fully saturated rings. The van der Waals surface area contributed by atoms with Crippen molar-refractivity contribution in [3.63, 3.8) is 0 Å². The highest BCUT2D eigenvalue weighted by Gasteiger charge is 2.05.